The van der Waals surface area contributed by atoms with Gasteiger partial charge in [0.2, 0.25) is 0 Å². The molecule has 0 aliphatic carbocycles. The van der Waals surface area contributed by atoms with Crippen LogP contribution in [0.3, 0.4) is 0 Å². The first-order valence-electron chi connectivity index (χ1n) is 9.39. The number of thioether (sulfide) groups is 1. The molecule has 4 rings (SSSR count). The number of thiocarbonyl (C=S) groups is 1. The van der Waals surface area contributed by atoms with Gasteiger partial charge in [0.05, 0.1) is 22.2 Å². The molecule has 1 aromatic heterocycles. The van der Waals surface area contributed by atoms with E-state index in [2.05, 4.69) is 20.9 Å². The lowest BCUT2D eigenvalue weighted by molar-refractivity contribution is -0.113. The number of aromatic nitrogens is 1. The molecule has 5 nitrogen and oxygen atoms in total. The minimum absolute atomic E-state index is 0.307. The fraction of sp³-hybridized carbons (Fsp3) is 0.0870. The molecule has 0 unspecified atom stereocenters. The summed E-state index contributed by atoms with van der Waals surface area (Å²) in [5.74, 6) is 0.323. The monoisotopic (exact) mass is 530 g/mol. The van der Waals surface area contributed by atoms with E-state index in [0.29, 0.717) is 37.5 Å². The van der Waals surface area contributed by atoms with Crippen LogP contribution in [0.5, 0.6) is 11.5 Å². The first-order valence-corrected chi connectivity index (χ1v) is 11.4. The maximum Gasteiger partial charge on any atom is 0.270 e. The molecule has 3 aromatic rings. The lowest BCUT2D eigenvalue weighted by Crippen LogP contribution is -2.27. The third kappa shape index (κ3) is 4.85. The van der Waals surface area contributed by atoms with Crippen molar-refractivity contribution in [2.24, 2.45) is 0 Å². The highest BCUT2D eigenvalue weighted by Crippen LogP contribution is 2.40. The van der Waals surface area contributed by atoms with E-state index in [4.69, 9.17) is 21.7 Å². The molecule has 0 N–H and O–H groups in total. The number of benzene rings is 2. The second-order valence-electron chi connectivity index (χ2n) is 6.68. The van der Waals surface area contributed by atoms with Crippen molar-refractivity contribution in [1.82, 2.24) is 4.98 Å². The van der Waals surface area contributed by atoms with Crippen LogP contribution in [0.4, 0.5) is 10.1 Å². The number of nitrogens with zero attached hydrogens (tertiary/aromatic N) is 2. The fourth-order valence-electron chi connectivity index (χ4n) is 3.05. The van der Waals surface area contributed by atoms with Gasteiger partial charge in [-0.2, -0.15) is 0 Å². The summed E-state index contributed by atoms with van der Waals surface area (Å²) in [5, 5.41) is 0. The van der Waals surface area contributed by atoms with Crippen LogP contribution in [-0.2, 0) is 11.4 Å². The Morgan fingerprint density at radius 2 is 2.00 bits per heavy atom. The zero-order valence-electron chi connectivity index (χ0n) is 16.7. The summed E-state index contributed by atoms with van der Waals surface area (Å²) in [6.45, 7) is 0.350. The van der Waals surface area contributed by atoms with Gasteiger partial charge < -0.3 is 9.47 Å². The highest BCUT2D eigenvalue weighted by molar-refractivity contribution is 9.10. The topological polar surface area (TPSA) is 51.7 Å². The minimum atomic E-state index is -0.434. The number of carbonyl (C=O) groups excluding carboxylic acids is 1. The van der Waals surface area contributed by atoms with Gasteiger partial charge in [-0.1, -0.05) is 30.0 Å². The number of hydrogen-bond acceptors (Lipinski definition) is 6. The number of rotatable bonds is 6. The summed E-state index contributed by atoms with van der Waals surface area (Å²) in [7, 11) is 1.55. The van der Waals surface area contributed by atoms with Crippen molar-refractivity contribution in [3.8, 4) is 11.5 Å². The summed E-state index contributed by atoms with van der Waals surface area (Å²) in [6, 6.07) is 13.1. The Hall–Kier alpha value is -2.75. The molecule has 1 aliphatic rings. The largest absolute Gasteiger partial charge is 0.493 e. The van der Waals surface area contributed by atoms with Crippen LogP contribution in [0.15, 0.2) is 70.3 Å². The summed E-state index contributed by atoms with van der Waals surface area (Å²) in [4.78, 5) is 18.7. The van der Waals surface area contributed by atoms with Crippen molar-refractivity contribution < 1.29 is 18.7 Å². The van der Waals surface area contributed by atoms with Gasteiger partial charge in [-0.25, -0.2) is 4.39 Å². The molecular formula is C23H16BrFN2O3S2. The normalized spacial score (nSPS) is 14.8. The number of halogens is 2. The molecule has 1 aliphatic heterocycles. The maximum absolute atomic E-state index is 13.6. The Morgan fingerprint density at radius 3 is 2.72 bits per heavy atom. The lowest BCUT2D eigenvalue weighted by atomic mass is 10.1. The second kappa shape index (κ2) is 9.81. The van der Waals surface area contributed by atoms with E-state index >= 15 is 0 Å². The molecule has 1 fully saturated rings. The smallest absolute Gasteiger partial charge is 0.270 e. The Labute approximate surface area is 202 Å². The van der Waals surface area contributed by atoms with Crippen LogP contribution < -0.4 is 14.4 Å². The highest BCUT2D eigenvalue weighted by Gasteiger charge is 2.33. The maximum atomic E-state index is 13.6. The molecule has 0 atom stereocenters. The number of methoxy groups -OCH3 is 1. The first-order chi connectivity index (χ1) is 15.5. The van der Waals surface area contributed by atoms with Crippen LogP contribution in [-0.4, -0.2) is 22.3 Å². The van der Waals surface area contributed by atoms with E-state index in [9.17, 15) is 9.18 Å². The molecule has 0 saturated carbocycles. The highest BCUT2D eigenvalue weighted by atomic mass is 79.9. The van der Waals surface area contributed by atoms with Crippen LogP contribution in [0.1, 0.15) is 11.1 Å². The zero-order valence-corrected chi connectivity index (χ0v) is 20.0. The van der Waals surface area contributed by atoms with E-state index in [1.807, 2.05) is 18.2 Å². The molecule has 162 valence electrons. The van der Waals surface area contributed by atoms with Crippen LogP contribution in [0, 0.1) is 5.82 Å². The molecule has 0 bridgehead atoms. The van der Waals surface area contributed by atoms with Gasteiger partial charge in [0.25, 0.3) is 5.91 Å². The van der Waals surface area contributed by atoms with E-state index < -0.39 is 5.82 Å². The Bertz CT molecular complexity index is 1220. The first kappa shape index (κ1) is 22.4. The summed E-state index contributed by atoms with van der Waals surface area (Å²) >= 11 is 10.0. The average Bonchev–Trinajstić information content (AvgIpc) is 3.06. The fourth-order valence-corrected chi connectivity index (χ4v) is 4.93. The van der Waals surface area contributed by atoms with Gasteiger partial charge in [-0.3, -0.25) is 14.7 Å². The number of pyridine rings is 1. The zero-order chi connectivity index (χ0) is 22.7. The van der Waals surface area contributed by atoms with E-state index in [0.717, 1.165) is 22.9 Å². The number of hydrogen-bond donors (Lipinski definition) is 0. The predicted octanol–water partition coefficient (Wildman–Crippen LogP) is 5.98. The van der Waals surface area contributed by atoms with Crippen molar-refractivity contribution in [2.75, 3.05) is 12.0 Å². The standard InChI is InChI=1S/C23H16BrFN2O3S2/c1-29-19-10-15(9-18(24)21(19)30-13-14-5-7-26-8-6-14)11-20-22(28)27(23(31)32-20)17-4-2-3-16(25)12-17/h2-12H,13H2,1H3/b20-11+. The molecule has 0 spiro atoms. The van der Waals surface area contributed by atoms with Gasteiger partial charge in [0, 0.05) is 12.4 Å². The average molecular weight is 531 g/mol. The predicted molar refractivity (Wildman–Crippen MR) is 131 cm³/mol. The lowest BCUT2D eigenvalue weighted by Gasteiger charge is -2.14. The van der Waals surface area contributed by atoms with Gasteiger partial charge in [0.15, 0.2) is 15.8 Å². The van der Waals surface area contributed by atoms with Crippen molar-refractivity contribution in [3.63, 3.8) is 0 Å². The van der Waals surface area contributed by atoms with Crippen molar-refractivity contribution >= 4 is 61.9 Å². The Morgan fingerprint density at radius 1 is 1.22 bits per heavy atom. The summed E-state index contributed by atoms with van der Waals surface area (Å²) < 4.78 is 26.1. The van der Waals surface area contributed by atoms with Crippen LogP contribution in [0.2, 0.25) is 0 Å². The molecular weight excluding hydrogens is 515 g/mol. The molecule has 32 heavy (non-hydrogen) atoms. The van der Waals surface area contributed by atoms with E-state index in [1.165, 1.54) is 17.0 Å². The van der Waals surface area contributed by atoms with Gasteiger partial charge >= 0.3 is 0 Å². The number of amides is 1. The molecule has 1 saturated heterocycles. The summed E-state index contributed by atoms with van der Waals surface area (Å²) in [5.41, 5.74) is 2.10. The number of anilines is 1. The van der Waals surface area contributed by atoms with Gasteiger partial charge in [0.1, 0.15) is 12.4 Å². The third-order valence-corrected chi connectivity index (χ3v) is 6.43. The van der Waals surface area contributed by atoms with Gasteiger partial charge in [-0.05, 0) is 75.6 Å². The second-order valence-corrected chi connectivity index (χ2v) is 9.21. The summed E-state index contributed by atoms with van der Waals surface area (Å²) in [6.07, 6.45) is 5.13. The molecule has 1 amide bonds. The molecule has 2 aromatic carbocycles. The van der Waals surface area contributed by atoms with Crippen molar-refractivity contribution in [2.45, 2.75) is 6.61 Å². The molecule has 0 radical (unpaired) electrons. The Balaban J connectivity index is 1.59. The van der Waals surface area contributed by atoms with Crippen LogP contribution >= 0.6 is 39.9 Å². The van der Waals surface area contributed by atoms with E-state index in [-0.39, 0.29) is 5.91 Å². The SMILES string of the molecule is COc1cc(/C=C2/SC(=S)N(c3cccc(F)c3)C2=O)cc(Br)c1OCc1ccncc1. The van der Waals surface area contributed by atoms with Crippen LogP contribution in [0.25, 0.3) is 6.08 Å². The number of ether oxygens (including phenoxy) is 2. The number of carbonyl (C=O) groups is 1. The quantitative estimate of drug-likeness (QED) is 0.288. The molecule has 2 heterocycles. The van der Waals surface area contributed by atoms with Gasteiger partial charge in [-0.15, -0.1) is 0 Å². The van der Waals surface area contributed by atoms with E-state index in [1.54, 1.807) is 43.8 Å². The minimum Gasteiger partial charge on any atom is -0.493 e. The van der Waals surface area contributed by atoms with Crippen molar-refractivity contribution in [3.05, 3.63) is 87.2 Å². The Kier molecular flexibility index (Phi) is 6.88. The third-order valence-electron chi connectivity index (χ3n) is 4.54. The molecule has 9 heteroatoms. The van der Waals surface area contributed by atoms with Crippen molar-refractivity contribution in [1.29, 1.82) is 0 Å².